The van der Waals surface area contributed by atoms with E-state index in [1.807, 2.05) is 24.3 Å². The molecule has 0 heterocycles. The number of thioether (sulfide) groups is 1. The maximum Gasteiger partial charge on any atom is 0.0655 e. The van der Waals surface area contributed by atoms with Crippen LogP contribution in [0.25, 0.3) is 0 Å². The van der Waals surface area contributed by atoms with Gasteiger partial charge in [0.1, 0.15) is 0 Å². The van der Waals surface area contributed by atoms with E-state index in [-0.39, 0.29) is 6.61 Å². The van der Waals surface area contributed by atoms with Crippen molar-refractivity contribution in [3.63, 3.8) is 0 Å². The van der Waals surface area contributed by atoms with E-state index in [1.165, 1.54) is 11.8 Å². The van der Waals surface area contributed by atoms with Gasteiger partial charge in [0.25, 0.3) is 0 Å². The SMILES string of the molecule is OCCC(O)CSc1cccc(Cl)c1. The van der Waals surface area contributed by atoms with Crippen LogP contribution < -0.4 is 0 Å². The van der Waals surface area contributed by atoms with E-state index in [9.17, 15) is 5.11 Å². The van der Waals surface area contributed by atoms with Crippen LogP contribution in [0.2, 0.25) is 5.02 Å². The van der Waals surface area contributed by atoms with Gasteiger partial charge in [-0.15, -0.1) is 11.8 Å². The first-order valence-corrected chi connectivity index (χ1v) is 5.76. The molecule has 0 amide bonds. The highest BCUT2D eigenvalue weighted by Crippen LogP contribution is 2.22. The molecule has 2 nitrogen and oxygen atoms in total. The highest BCUT2D eigenvalue weighted by Gasteiger charge is 2.04. The highest BCUT2D eigenvalue weighted by molar-refractivity contribution is 7.99. The normalized spacial score (nSPS) is 12.8. The molecule has 14 heavy (non-hydrogen) atoms. The maximum atomic E-state index is 9.37. The molecule has 1 aromatic rings. The van der Waals surface area contributed by atoms with Gasteiger partial charge in [0.15, 0.2) is 0 Å². The van der Waals surface area contributed by atoms with E-state index in [0.717, 1.165) is 4.90 Å². The van der Waals surface area contributed by atoms with Crippen molar-refractivity contribution < 1.29 is 10.2 Å². The molecule has 0 bridgehead atoms. The molecule has 0 saturated carbocycles. The first-order valence-electron chi connectivity index (χ1n) is 4.39. The molecule has 0 aliphatic carbocycles. The zero-order chi connectivity index (χ0) is 10.4. The van der Waals surface area contributed by atoms with Gasteiger partial charge in [0.05, 0.1) is 6.10 Å². The van der Waals surface area contributed by atoms with Crippen LogP contribution in [0.1, 0.15) is 6.42 Å². The third-order valence-electron chi connectivity index (χ3n) is 1.70. The maximum absolute atomic E-state index is 9.37. The number of rotatable bonds is 5. The van der Waals surface area contributed by atoms with Crippen LogP contribution in [-0.4, -0.2) is 28.7 Å². The first kappa shape index (κ1) is 11.9. The van der Waals surface area contributed by atoms with E-state index in [2.05, 4.69) is 0 Å². The number of hydrogen-bond donors (Lipinski definition) is 2. The molecule has 0 spiro atoms. The topological polar surface area (TPSA) is 40.5 Å². The van der Waals surface area contributed by atoms with Gasteiger partial charge in [-0.3, -0.25) is 0 Å². The lowest BCUT2D eigenvalue weighted by molar-refractivity contribution is 0.152. The van der Waals surface area contributed by atoms with Crippen LogP contribution >= 0.6 is 23.4 Å². The fourth-order valence-corrected chi connectivity index (χ4v) is 2.17. The minimum absolute atomic E-state index is 0.0251. The fraction of sp³-hybridized carbons (Fsp3) is 0.400. The van der Waals surface area contributed by atoms with Gasteiger partial charge in [0, 0.05) is 22.3 Å². The van der Waals surface area contributed by atoms with Crippen molar-refractivity contribution in [3.05, 3.63) is 29.3 Å². The van der Waals surface area contributed by atoms with Crippen LogP contribution in [0.3, 0.4) is 0 Å². The van der Waals surface area contributed by atoms with Gasteiger partial charge in [0.2, 0.25) is 0 Å². The molecule has 4 heteroatoms. The molecule has 0 radical (unpaired) electrons. The Morgan fingerprint density at radius 1 is 1.43 bits per heavy atom. The van der Waals surface area contributed by atoms with Gasteiger partial charge in [-0.1, -0.05) is 17.7 Å². The second-order valence-electron chi connectivity index (χ2n) is 2.93. The molecule has 0 fully saturated rings. The lowest BCUT2D eigenvalue weighted by Gasteiger charge is -2.08. The Balaban J connectivity index is 2.37. The van der Waals surface area contributed by atoms with E-state index in [1.54, 1.807) is 0 Å². The van der Waals surface area contributed by atoms with Crippen molar-refractivity contribution >= 4 is 23.4 Å². The van der Waals surface area contributed by atoms with Crippen molar-refractivity contribution in [2.75, 3.05) is 12.4 Å². The molecule has 78 valence electrons. The van der Waals surface area contributed by atoms with Crippen LogP contribution in [0.15, 0.2) is 29.2 Å². The van der Waals surface area contributed by atoms with Crippen molar-refractivity contribution in [3.8, 4) is 0 Å². The average molecular weight is 233 g/mol. The molecule has 0 aliphatic heterocycles. The van der Waals surface area contributed by atoms with Crippen LogP contribution in [0, 0.1) is 0 Å². The standard InChI is InChI=1S/C10H13ClO2S/c11-8-2-1-3-10(6-8)14-7-9(13)4-5-12/h1-3,6,9,12-13H,4-5,7H2. The Morgan fingerprint density at radius 3 is 2.86 bits per heavy atom. The van der Waals surface area contributed by atoms with Crippen molar-refractivity contribution in [1.29, 1.82) is 0 Å². The minimum atomic E-state index is -0.455. The zero-order valence-electron chi connectivity index (χ0n) is 7.69. The molecular formula is C10H13ClO2S. The Hall–Kier alpha value is -0.220. The summed E-state index contributed by atoms with van der Waals surface area (Å²) in [6, 6.07) is 7.50. The van der Waals surface area contributed by atoms with Gasteiger partial charge in [-0.2, -0.15) is 0 Å². The van der Waals surface area contributed by atoms with Gasteiger partial charge in [-0.05, 0) is 24.6 Å². The smallest absolute Gasteiger partial charge is 0.0655 e. The van der Waals surface area contributed by atoms with Crippen molar-refractivity contribution in [1.82, 2.24) is 0 Å². The quantitative estimate of drug-likeness (QED) is 0.765. The average Bonchev–Trinajstić information content (AvgIpc) is 2.15. The van der Waals surface area contributed by atoms with Gasteiger partial charge in [-0.25, -0.2) is 0 Å². The summed E-state index contributed by atoms with van der Waals surface area (Å²) in [7, 11) is 0. The summed E-state index contributed by atoms with van der Waals surface area (Å²) < 4.78 is 0. The third-order valence-corrected chi connectivity index (χ3v) is 3.07. The first-order chi connectivity index (χ1) is 6.72. The fourth-order valence-electron chi connectivity index (χ4n) is 0.982. The molecule has 0 aromatic heterocycles. The molecular weight excluding hydrogens is 220 g/mol. The predicted molar refractivity (Wildman–Crippen MR) is 59.9 cm³/mol. The molecule has 0 aliphatic rings. The van der Waals surface area contributed by atoms with Crippen molar-refractivity contribution in [2.24, 2.45) is 0 Å². The summed E-state index contributed by atoms with van der Waals surface area (Å²) in [5, 5.41) is 18.7. The van der Waals surface area contributed by atoms with Crippen LogP contribution in [0.5, 0.6) is 0 Å². The number of aliphatic hydroxyl groups is 2. The Labute approximate surface area is 92.9 Å². The molecule has 1 atom stereocenters. The molecule has 0 saturated heterocycles. The largest absolute Gasteiger partial charge is 0.396 e. The monoisotopic (exact) mass is 232 g/mol. The summed E-state index contributed by atoms with van der Waals surface area (Å²) in [4.78, 5) is 1.04. The summed E-state index contributed by atoms with van der Waals surface area (Å²) in [5.74, 6) is 0.584. The number of hydrogen-bond acceptors (Lipinski definition) is 3. The number of benzene rings is 1. The summed E-state index contributed by atoms with van der Waals surface area (Å²) >= 11 is 7.34. The summed E-state index contributed by atoms with van der Waals surface area (Å²) in [5.41, 5.74) is 0. The zero-order valence-corrected chi connectivity index (χ0v) is 9.26. The van der Waals surface area contributed by atoms with E-state index in [4.69, 9.17) is 16.7 Å². The summed E-state index contributed by atoms with van der Waals surface area (Å²) in [6.07, 6.45) is -0.0305. The Morgan fingerprint density at radius 2 is 2.21 bits per heavy atom. The molecule has 1 unspecified atom stereocenters. The van der Waals surface area contributed by atoms with Crippen LogP contribution in [0.4, 0.5) is 0 Å². The second kappa shape index (κ2) is 6.30. The minimum Gasteiger partial charge on any atom is -0.396 e. The van der Waals surface area contributed by atoms with Crippen LogP contribution in [-0.2, 0) is 0 Å². The second-order valence-corrected chi connectivity index (χ2v) is 4.46. The molecule has 2 N–H and O–H groups in total. The highest BCUT2D eigenvalue weighted by atomic mass is 35.5. The van der Waals surface area contributed by atoms with Gasteiger partial charge < -0.3 is 10.2 Å². The number of aliphatic hydroxyl groups excluding tert-OH is 2. The lowest BCUT2D eigenvalue weighted by Crippen LogP contribution is -2.11. The van der Waals surface area contributed by atoms with Crippen molar-refractivity contribution in [2.45, 2.75) is 17.4 Å². The number of halogens is 1. The summed E-state index contributed by atoms with van der Waals surface area (Å²) in [6.45, 7) is 0.0251. The van der Waals surface area contributed by atoms with E-state index >= 15 is 0 Å². The lowest BCUT2D eigenvalue weighted by atomic mass is 10.3. The van der Waals surface area contributed by atoms with Gasteiger partial charge >= 0.3 is 0 Å². The molecule has 1 rings (SSSR count). The Bertz CT molecular complexity index is 281. The predicted octanol–water partition coefficient (Wildman–Crippen LogP) is 2.18. The van der Waals surface area contributed by atoms with E-state index in [0.29, 0.717) is 17.2 Å². The Kier molecular flexibility index (Phi) is 5.33. The molecule has 1 aromatic carbocycles. The third kappa shape index (κ3) is 4.33. The van der Waals surface area contributed by atoms with E-state index < -0.39 is 6.10 Å².